The minimum Gasteiger partial charge on any atom is -0.470 e. The summed E-state index contributed by atoms with van der Waals surface area (Å²) in [5, 5.41) is 6.46. The molecule has 11 heteroatoms. The average molecular weight is 583 g/mol. The summed E-state index contributed by atoms with van der Waals surface area (Å²) >= 11 is 3.57. The molecule has 2 aromatic heterocycles. The third-order valence-electron chi connectivity index (χ3n) is 6.05. The van der Waals surface area contributed by atoms with Crippen molar-refractivity contribution in [3.63, 3.8) is 0 Å². The van der Waals surface area contributed by atoms with Crippen LogP contribution in [0.15, 0.2) is 45.9 Å². The van der Waals surface area contributed by atoms with E-state index in [1.165, 1.54) is 0 Å². The van der Waals surface area contributed by atoms with Crippen LogP contribution in [0.25, 0.3) is 11.0 Å². The summed E-state index contributed by atoms with van der Waals surface area (Å²) in [5.41, 5.74) is 2.30. The maximum absolute atomic E-state index is 12.2. The Morgan fingerprint density at radius 1 is 1.23 bits per heavy atom. The second-order valence-corrected chi connectivity index (χ2v) is 18.2. The van der Waals surface area contributed by atoms with Gasteiger partial charge in [0.15, 0.2) is 0 Å². The first kappa shape index (κ1) is 26.3. The molecule has 1 aliphatic rings. The predicted octanol–water partition coefficient (Wildman–Crippen LogP) is 4.63. The van der Waals surface area contributed by atoms with Crippen LogP contribution in [0.1, 0.15) is 17.0 Å². The number of hydrogen-bond donors (Lipinski definition) is 1. The van der Waals surface area contributed by atoms with Gasteiger partial charge in [0.2, 0.25) is 15.9 Å². The fraction of sp³-hybridized carbons (Fsp3) is 0.458. The van der Waals surface area contributed by atoms with E-state index >= 15 is 0 Å². The number of pyridine rings is 1. The molecule has 0 amide bonds. The van der Waals surface area contributed by atoms with Gasteiger partial charge in [-0.15, -0.1) is 0 Å². The Morgan fingerprint density at radius 2 is 2.00 bits per heavy atom. The maximum Gasteiger partial charge on any atom is 0.238 e. The highest BCUT2D eigenvalue weighted by Crippen LogP contribution is 2.36. The maximum atomic E-state index is 12.2. The first-order valence-electron chi connectivity index (χ1n) is 11.5. The highest BCUT2D eigenvalue weighted by atomic mass is 79.9. The molecule has 0 aliphatic carbocycles. The molecule has 0 bridgehead atoms. The Balaban J connectivity index is 1.57. The zero-order chi connectivity index (χ0) is 25.4. The van der Waals surface area contributed by atoms with Crippen molar-refractivity contribution < 1.29 is 22.6 Å². The minimum atomic E-state index is -3.89. The van der Waals surface area contributed by atoms with Crippen molar-refractivity contribution in [2.75, 3.05) is 19.8 Å². The van der Waals surface area contributed by atoms with Crippen LogP contribution in [0.2, 0.25) is 25.7 Å². The number of rotatable bonds is 9. The van der Waals surface area contributed by atoms with Gasteiger partial charge in [-0.25, -0.2) is 13.6 Å². The number of halogens is 1. The van der Waals surface area contributed by atoms with Gasteiger partial charge in [-0.3, -0.25) is 0 Å². The van der Waals surface area contributed by atoms with E-state index in [-0.39, 0.29) is 10.8 Å². The summed E-state index contributed by atoms with van der Waals surface area (Å²) < 4.78 is 45.1. The van der Waals surface area contributed by atoms with Crippen LogP contribution in [-0.4, -0.2) is 52.0 Å². The number of fused-ring (bicyclic) bond motifs is 1. The largest absolute Gasteiger partial charge is 0.470 e. The van der Waals surface area contributed by atoms with Gasteiger partial charge in [-0.2, -0.15) is 4.98 Å². The molecule has 3 heterocycles. The molecule has 0 spiro atoms. The van der Waals surface area contributed by atoms with Gasteiger partial charge >= 0.3 is 0 Å². The molecule has 3 aromatic rings. The molecule has 1 aromatic carbocycles. The molecular formula is C24H32BrN3O5SSi. The SMILES string of the molecule is Cc1ccc(S(N)(=O)=O)c([C@H]2COC[C@@H]2Oc2nc3c(ccn3COCC[Si](C)(C)C)cc2Br)c1. The zero-order valence-corrected chi connectivity index (χ0v) is 23.9. The van der Waals surface area contributed by atoms with Crippen molar-refractivity contribution in [2.45, 2.75) is 56.3 Å². The number of aryl methyl sites for hydroxylation is 1. The van der Waals surface area contributed by atoms with Crippen molar-refractivity contribution in [2.24, 2.45) is 5.14 Å². The topological polar surface area (TPSA) is 106 Å². The number of ether oxygens (including phenoxy) is 3. The van der Waals surface area contributed by atoms with E-state index in [0.717, 1.165) is 29.2 Å². The molecule has 1 fully saturated rings. The average Bonchev–Trinajstić information content (AvgIpc) is 3.37. The molecule has 0 radical (unpaired) electrons. The zero-order valence-electron chi connectivity index (χ0n) is 20.5. The van der Waals surface area contributed by atoms with Gasteiger partial charge in [0.1, 0.15) is 18.5 Å². The summed E-state index contributed by atoms with van der Waals surface area (Å²) in [6.45, 7) is 10.7. The van der Waals surface area contributed by atoms with Crippen molar-refractivity contribution in [1.82, 2.24) is 9.55 Å². The Kier molecular flexibility index (Phi) is 7.75. The van der Waals surface area contributed by atoms with Crippen LogP contribution in [0, 0.1) is 6.92 Å². The van der Waals surface area contributed by atoms with Crippen LogP contribution < -0.4 is 9.88 Å². The molecule has 2 atom stereocenters. The molecule has 190 valence electrons. The Hall–Kier alpha value is -1.76. The van der Waals surface area contributed by atoms with Gasteiger partial charge in [-0.1, -0.05) is 37.3 Å². The third-order valence-corrected chi connectivity index (χ3v) is 9.30. The first-order chi connectivity index (χ1) is 16.4. The summed E-state index contributed by atoms with van der Waals surface area (Å²) in [7, 11) is -5.05. The van der Waals surface area contributed by atoms with E-state index in [4.69, 9.17) is 24.3 Å². The lowest BCUT2D eigenvalue weighted by Gasteiger charge is -2.22. The predicted molar refractivity (Wildman–Crippen MR) is 142 cm³/mol. The molecule has 0 saturated carbocycles. The van der Waals surface area contributed by atoms with Crippen molar-refractivity contribution in [3.8, 4) is 5.88 Å². The molecule has 8 nitrogen and oxygen atoms in total. The van der Waals surface area contributed by atoms with E-state index in [9.17, 15) is 8.42 Å². The van der Waals surface area contributed by atoms with Crippen molar-refractivity contribution in [3.05, 3.63) is 52.1 Å². The molecule has 2 N–H and O–H groups in total. The van der Waals surface area contributed by atoms with Crippen LogP contribution in [0.5, 0.6) is 5.88 Å². The fourth-order valence-corrected chi connectivity index (χ4v) is 6.08. The van der Waals surface area contributed by atoms with Crippen LogP contribution in [0.4, 0.5) is 0 Å². The summed E-state index contributed by atoms with van der Waals surface area (Å²) in [6.07, 6.45) is 1.53. The Morgan fingerprint density at radius 3 is 2.71 bits per heavy atom. The highest BCUT2D eigenvalue weighted by Gasteiger charge is 2.35. The van der Waals surface area contributed by atoms with Gasteiger partial charge in [0, 0.05) is 32.2 Å². The van der Waals surface area contributed by atoms with Gasteiger partial charge < -0.3 is 18.8 Å². The van der Waals surface area contributed by atoms with Crippen molar-refractivity contribution in [1.29, 1.82) is 0 Å². The highest BCUT2D eigenvalue weighted by molar-refractivity contribution is 9.10. The molecule has 1 aliphatic heterocycles. The summed E-state index contributed by atoms with van der Waals surface area (Å²) in [4.78, 5) is 4.86. The standard InChI is InChI=1S/C24H32BrN3O5SSi/c1-16-5-6-22(34(26,29)30)18(11-16)19-13-32-14-21(19)33-24-20(25)12-17-7-8-28(23(17)27-24)15-31-9-10-35(2,3)4/h5-8,11-12,19,21H,9-10,13-15H2,1-4H3,(H2,26,29,30)/t19-,21+/m1/s1. The molecule has 4 rings (SSSR count). The van der Waals surface area contributed by atoms with E-state index in [1.807, 2.05) is 35.9 Å². The lowest BCUT2D eigenvalue weighted by Crippen LogP contribution is -2.27. The van der Waals surface area contributed by atoms with E-state index in [1.54, 1.807) is 12.1 Å². The smallest absolute Gasteiger partial charge is 0.238 e. The number of aromatic nitrogens is 2. The van der Waals surface area contributed by atoms with Gasteiger partial charge in [0.05, 0.1) is 22.6 Å². The Labute approximate surface area is 216 Å². The van der Waals surface area contributed by atoms with E-state index < -0.39 is 24.2 Å². The van der Waals surface area contributed by atoms with Gasteiger partial charge in [0.25, 0.3) is 0 Å². The Bertz CT molecular complexity index is 1320. The summed E-state index contributed by atoms with van der Waals surface area (Å²) in [6, 6.07) is 10.2. The quantitative estimate of drug-likeness (QED) is 0.292. The second kappa shape index (κ2) is 10.3. The first-order valence-corrected chi connectivity index (χ1v) is 17.6. The monoisotopic (exact) mass is 581 g/mol. The number of benzene rings is 1. The lowest BCUT2D eigenvalue weighted by atomic mass is 9.94. The van der Waals surface area contributed by atoms with Crippen LogP contribution in [-0.2, 0) is 26.2 Å². The van der Waals surface area contributed by atoms with Crippen LogP contribution >= 0.6 is 15.9 Å². The van der Waals surface area contributed by atoms with Gasteiger partial charge in [-0.05, 0) is 52.7 Å². The van der Waals surface area contributed by atoms with E-state index in [2.05, 4.69) is 35.6 Å². The fourth-order valence-electron chi connectivity index (χ4n) is 4.10. The summed E-state index contributed by atoms with van der Waals surface area (Å²) in [5.74, 6) is 0.120. The number of nitrogens with two attached hydrogens (primary N) is 1. The number of primary sulfonamides is 1. The van der Waals surface area contributed by atoms with E-state index in [0.29, 0.717) is 35.9 Å². The third kappa shape index (κ3) is 6.33. The molecular weight excluding hydrogens is 550 g/mol. The minimum absolute atomic E-state index is 0.0963. The van der Waals surface area contributed by atoms with Crippen LogP contribution in [0.3, 0.4) is 0 Å². The number of nitrogens with zero attached hydrogens (tertiary/aromatic N) is 2. The van der Waals surface area contributed by atoms with Crippen molar-refractivity contribution >= 4 is 45.1 Å². The number of sulfonamides is 1. The molecule has 0 unspecified atom stereocenters. The molecule has 35 heavy (non-hydrogen) atoms. The normalized spacial score (nSPS) is 18.9. The number of hydrogen-bond acceptors (Lipinski definition) is 6. The molecule has 1 saturated heterocycles. The lowest BCUT2D eigenvalue weighted by molar-refractivity contribution is 0.0897. The second-order valence-electron chi connectivity index (χ2n) is 10.2.